The van der Waals surface area contributed by atoms with E-state index in [1.807, 2.05) is 50.2 Å². The molecule has 1 N–H and O–H groups in total. The van der Waals surface area contributed by atoms with Gasteiger partial charge >= 0.3 is 0 Å². The zero-order chi connectivity index (χ0) is 13.0. The van der Waals surface area contributed by atoms with Crippen LogP contribution in [0, 0.1) is 6.92 Å². The van der Waals surface area contributed by atoms with Crippen molar-refractivity contribution in [3.63, 3.8) is 0 Å². The average molecular weight is 243 g/mol. The molecular formula is C15H17NO2. The molecule has 0 amide bonds. The van der Waals surface area contributed by atoms with Gasteiger partial charge in [0.2, 0.25) is 0 Å². The van der Waals surface area contributed by atoms with E-state index in [-0.39, 0.29) is 11.8 Å². The van der Waals surface area contributed by atoms with E-state index in [0.717, 1.165) is 16.9 Å². The molecule has 94 valence electrons. The summed E-state index contributed by atoms with van der Waals surface area (Å²) in [6.45, 7) is 4.43. The molecule has 0 saturated carbocycles. The van der Waals surface area contributed by atoms with Gasteiger partial charge in [-0.05, 0) is 26.0 Å². The molecule has 0 aliphatic heterocycles. The van der Waals surface area contributed by atoms with Crippen LogP contribution in [-0.4, -0.2) is 11.8 Å². The fraction of sp³-hybridized carbons (Fsp3) is 0.267. The van der Waals surface area contributed by atoms with Crippen LogP contribution < -0.4 is 5.32 Å². The lowest BCUT2D eigenvalue weighted by Gasteiger charge is -2.11. The van der Waals surface area contributed by atoms with Gasteiger partial charge < -0.3 is 9.73 Å². The normalized spacial score (nSPS) is 12.3. The molecule has 0 aliphatic carbocycles. The molecule has 1 aromatic heterocycles. The highest BCUT2D eigenvalue weighted by Crippen LogP contribution is 2.07. The largest absolute Gasteiger partial charge is 0.468 e. The fourth-order valence-corrected chi connectivity index (χ4v) is 1.73. The molecule has 1 atom stereocenters. The summed E-state index contributed by atoms with van der Waals surface area (Å²) in [6, 6.07) is 11.1. The SMILES string of the molecule is Cc1ccc(C(=O)C(C)NCc2ccco2)cc1. The second-order valence-electron chi connectivity index (χ2n) is 4.41. The standard InChI is InChI=1S/C15H17NO2/c1-11-5-7-13(8-6-11)15(17)12(2)16-10-14-4-3-9-18-14/h3-9,12,16H,10H2,1-2H3. The molecule has 1 heterocycles. The molecule has 3 heteroatoms. The van der Waals surface area contributed by atoms with Gasteiger partial charge in [-0.2, -0.15) is 0 Å². The maximum Gasteiger partial charge on any atom is 0.179 e. The van der Waals surface area contributed by atoms with E-state index in [4.69, 9.17) is 4.42 Å². The summed E-state index contributed by atoms with van der Waals surface area (Å²) in [4.78, 5) is 12.1. The van der Waals surface area contributed by atoms with E-state index in [2.05, 4.69) is 5.32 Å². The van der Waals surface area contributed by atoms with Crippen LogP contribution in [0.25, 0.3) is 0 Å². The van der Waals surface area contributed by atoms with Gasteiger partial charge in [-0.3, -0.25) is 4.79 Å². The quantitative estimate of drug-likeness (QED) is 0.821. The van der Waals surface area contributed by atoms with Crippen LogP contribution in [0.15, 0.2) is 47.1 Å². The molecule has 2 aromatic rings. The molecule has 1 aromatic carbocycles. The Balaban J connectivity index is 1.94. The third kappa shape index (κ3) is 3.08. The van der Waals surface area contributed by atoms with Crippen LogP contribution >= 0.6 is 0 Å². The predicted octanol–water partition coefficient (Wildman–Crippen LogP) is 2.95. The first kappa shape index (κ1) is 12.6. The summed E-state index contributed by atoms with van der Waals surface area (Å²) >= 11 is 0. The van der Waals surface area contributed by atoms with Gasteiger partial charge in [0.05, 0.1) is 18.8 Å². The number of hydrogen-bond donors (Lipinski definition) is 1. The van der Waals surface area contributed by atoms with Crippen molar-refractivity contribution in [2.45, 2.75) is 26.4 Å². The first-order chi connectivity index (χ1) is 8.66. The van der Waals surface area contributed by atoms with Crippen LogP contribution in [0.3, 0.4) is 0 Å². The minimum absolute atomic E-state index is 0.0987. The van der Waals surface area contributed by atoms with Gasteiger partial charge in [-0.1, -0.05) is 29.8 Å². The number of carbonyl (C=O) groups excluding carboxylic acids is 1. The highest BCUT2D eigenvalue weighted by Gasteiger charge is 2.14. The number of aryl methyl sites for hydroxylation is 1. The van der Waals surface area contributed by atoms with Crippen molar-refractivity contribution in [2.24, 2.45) is 0 Å². The molecule has 0 bridgehead atoms. The van der Waals surface area contributed by atoms with E-state index in [1.54, 1.807) is 6.26 Å². The monoisotopic (exact) mass is 243 g/mol. The molecule has 0 aliphatic rings. The van der Waals surface area contributed by atoms with Crippen molar-refractivity contribution < 1.29 is 9.21 Å². The Labute approximate surface area is 107 Å². The van der Waals surface area contributed by atoms with Crippen LogP contribution in [0.4, 0.5) is 0 Å². The Hall–Kier alpha value is -1.87. The number of rotatable bonds is 5. The second-order valence-corrected chi connectivity index (χ2v) is 4.41. The summed E-state index contributed by atoms with van der Waals surface area (Å²) in [5, 5.41) is 3.15. The van der Waals surface area contributed by atoms with E-state index < -0.39 is 0 Å². The molecule has 0 fully saturated rings. The number of benzene rings is 1. The molecule has 0 radical (unpaired) electrons. The zero-order valence-corrected chi connectivity index (χ0v) is 10.6. The van der Waals surface area contributed by atoms with E-state index in [1.165, 1.54) is 0 Å². The van der Waals surface area contributed by atoms with Gasteiger partial charge in [-0.15, -0.1) is 0 Å². The number of nitrogens with one attached hydrogen (secondary N) is 1. The lowest BCUT2D eigenvalue weighted by molar-refractivity contribution is 0.0949. The van der Waals surface area contributed by atoms with Crippen LogP contribution in [0.5, 0.6) is 0 Å². The number of ketones is 1. The predicted molar refractivity (Wildman–Crippen MR) is 70.5 cm³/mol. The Morgan fingerprint density at radius 2 is 2.00 bits per heavy atom. The number of furan rings is 1. The summed E-state index contributed by atoms with van der Waals surface area (Å²) in [7, 11) is 0. The van der Waals surface area contributed by atoms with Crippen molar-refractivity contribution in [3.8, 4) is 0 Å². The zero-order valence-electron chi connectivity index (χ0n) is 10.6. The number of Topliss-reactive ketones (excluding diaryl/α,β-unsaturated/α-hetero) is 1. The van der Waals surface area contributed by atoms with E-state index >= 15 is 0 Å². The summed E-state index contributed by atoms with van der Waals surface area (Å²) in [5.41, 5.74) is 1.89. The Bertz CT molecular complexity index is 500. The lowest BCUT2D eigenvalue weighted by Crippen LogP contribution is -2.33. The maximum absolute atomic E-state index is 12.1. The fourth-order valence-electron chi connectivity index (χ4n) is 1.73. The van der Waals surface area contributed by atoms with Crippen molar-refractivity contribution in [2.75, 3.05) is 0 Å². The van der Waals surface area contributed by atoms with Gasteiger partial charge in [0.15, 0.2) is 5.78 Å². The minimum Gasteiger partial charge on any atom is -0.468 e. The number of carbonyl (C=O) groups is 1. The molecular weight excluding hydrogens is 226 g/mol. The minimum atomic E-state index is -0.224. The van der Waals surface area contributed by atoms with E-state index in [9.17, 15) is 4.79 Å². The van der Waals surface area contributed by atoms with Crippen LogP contribution in [-0.2, 0) is 6.54 Å². The summed E-state index contributed by atoms with van der Waals surface area (Å²) in [6.07, 6.45) is 1.63. The molecule has 0 saturated heterocycles. The number of hydrogen-bond acceptors (Lipinski definition) is 3. The maximum atomic E-state index is 12.1. The first-order valence-electron chi connectivity index (χ1n) is 6.03. The molecule has 18 heavy (non-hydrogen) atoms. The highest BCUT2D eigenvalue weighted by molar-refractivity contribution is 5.99. The van der Waals surface area contributed by atoms with Gasteiger partial charge in [-0.25, -0.2) is 0 Å². The van der Waals surface area contributed by atoms with Crippen LogP contribution in [0.2, 0.25) is 0 Å². The van der Waals surface area contributed by atoms with Gasteiger partial charge in [0, 0.05) is 5.56 Å². The Morgan fingerprint density at radius 1 is 1.28 bits per heavy atom. The molecule has 1 unspecified atom stereocenters. The van der Waals surface area contributed by atoms with Crippen molar-refractivity contribution in [1.29, 1.82) is 0 Å². The van der Waals surface area contributed by atoms with Gasteiger partial charge in [0.25, 0.3) is 0 Å². The van der Waals surface area contributed by atoms with E-state index in [0.29, 0.717) is 6.54 Å². The Morgan fingerprint density at radius 3 is 2.61 bits per heavy atom. The average Bonchev–Trinajstić information content (AvgIpc) is 2.89. The second kappa shape index (κ2) is 5.65. The topological polar surface area (TPSA) is 42.2 Å². The lowest BCUT2D eigenvalue weighted by atomic mass is 10.0. The third-order valence-corrected chi connectivity index (χ3v) is 2.89. The van der Waals surface area contributed by atoms with Crippen molar-refractivity contribution >= 4 is 5.78 Å². The first-order valence-corrected chi connectivity index (χ1v) is 6.03. The highest BCUT2D eigenvalue weighted by atomic mass is 16.3. The molecule has 3 nitrogen and oxygen atoms in total. The smallest absolute Gasteiger partial charge is 0.179 e. The summed E-state index contributed by atoms with van der Waals surface area (Å²) < 4.78 is 5.21. The molecule has 0 spiro atoms. The van der Waals surface area contributed by atoms with Gasteiger partial charge in [0.1, 0.15) is 5.76 Å². The van der Waals surface area contributed by atoms with Crippen LogP contribution in [0.1, 0.15) is 28.6 Å². The van der Waals surface area contributed by atoms with Crippen molar-refractivity contribution in [1.82, 2.24) is 5.32 Å². The third-order valence-electron chi connectivity index (χ3n) is 2.89. The summed E-state index contributed by atoms with van der Waals surface area (Å²) in [5.74, 6) is 0.931. The molecule has 2 rings (SSSR count). The Kier molecular flexibility index (Phi) is 3.95. The van der Waals surface area contributed by atoms with Crippen molar-refractivity contribution in [3.05, 3.63) is 59.5 Å².